The molecule has 7 nitrogen and oxygen atoms in total. The summed E-state index contributed by atoms with van der Waals surface area (Å²) < 4.78 is 41.5. The van der Waals surface area contributed by atoms with Gasteiger partial charge in [0, 0.05) is 5.69 Å². The zero-order chi connectivity index (χ0) is 20.1. The van der Waals surface area contributed by atoms with Gasteiger partial charge in [-0.1, -0.05) is 30.3 Å². The van der Waals surface area contributed by atoms with Gasteiger partial charge in [0.1, 0.15) is 12.1 Å². The van der Waals surface area contributed by atoms with Gasteiger partial charge in [-0.2, -0.15) is 0 Å². The van der Waals surface area contributed by atoms with E-state index in [1.54, 1.807) is 24.3 Å². The van der Waals surface area contributed by atoms with Gasteiger partial charge in [0.05, 0.1) is 12.6 Å². The zero-order valence-electron chi connectivity index (χ0n) is 14.3. The number of rotatable bonds is 6. The van der Waals surface area contributed by atoms with E-state index in [1.165, 1.54) is 23.1 Å². The number of aliphatic hydroxyl groups excluding tert-OH is 1. The molecular weight excluding hydrogens is 377 g/mol. The number of anilines is 1. The lowest BCUT2D eigenvalue weighted by Gasteiger charge is -2.10. The predicted molar refractivity (Wildman–Crippen MR) is 92.5 cm³/mol. The number of nitrogens with zero attached hydrogens (tertiary/aromatic N) is 3. The first-order chi connectivity index (χ1) is 13.3. The lowest BCUT2D eigenvalue weighted by Crippen LogP contribution is -2.17. The van der Waals surface area contributed by atoms with Crippen molar-refractivity contribution >= 4 is 11.6 Å². The number of benzene rings is 2. The van der Waals surface area contributed by atoms with Crippen molar-refractivity contribution in [1.29, 1.82) is 0 Å². The highest BCUT2D eigenvalue weighted by Gasteiger charge is 2.31. The highest BCUT2D eigenvalue weighted by molar-refractivity contribution is 6.01. The van der Waals surface area contributed by atoms with Crippen LogP contribution in [0.15, 0.2) is 60.9 Å². The third-order valence-electron chi connectivity index (χ3n) is 3.63. The van der Waals surface area contributed by atoms with Crippen LogP contribution in [-0.2, 0) is 6.54 Å². The van der Waals surface area contributed by atoms with Crippen molar-refractivity contribution in [2.45, 2.75) is 19.0 Å². The number of hydrogen-bond acceptors (Lipinski definition) is 5. The SMILES string of the molecule is O=C(Nc1ccc(OC(F)(F)F)cc1)c1ncn(C[C@H](O)c2ccccc2)n1. The highest BCUT2D eigenvalue weighted by atomic mass is 19.4. The monoisotopic (exact) mass is 392 g/mol. The molecule has 0 radical (unpaired) electrons. The van der Waals surface area contributed by atoms with E-state index in [1.807, 2.05) is 6.07 Å². The molecule has 1 aromatic heterocycles. The second-order valence-electron chi connectivity index (χ2n) is 5.74. The molecule has 1 amide bonds. The number of carbonyl (C=O) groups is 1. The van der Waals surface area contributed by atoms with Crippen molar-refractivity contribution < 1.29 is 27.8 Å². The van der Waals surface area contributed by atoms with Crippen LogP contribution in [0, 0.1) is 0 Å². The summed E-state index contributed by atoms with van der Waals surface area (Å²) >= 11 is 0. The first-order valence-electron chi connectivity index (χ1n) is 8.10. The number of amides is 1. The Morgan fingerprint density at radius 2 is 1.82 bits per heavy atom. The molecule has 0 aliphatic carbocycles. The van der Waals surface area contributed by atoms with Gasteiger partial charge >= 0.3 is 6.36 Å². The number of aromatic nitrogens is 3. The smallest absolute Gasteiger partial charge is 0.406 e. The van der Waals surface area contributed by atoms with Gasteiger partial charge in [-0.05, 0) is 29.8 Å². The van der Waals surface area contributed by atoms with Crippen LogP contribution in [0.25, 0.3) is 0 Å². The Labute approximate surface area is 157 Å². The Hall–Kier alpha value is -3.40. The highest BCUT2D eigenvalue weighted by Crippen LogP contribution is 2.24. The number of aliphatic hydroxyl groups is 1. The molecular formula is C18H15F3N4O3. The Morgan fingerprint density at radius 1 is 1.14 bits per heavy atom. The second kappa shape index (κ2) is 8.09. The van der Waals surface area contributed by atoms with E-state index in [9.17, 15) is 23.1 Å². The molecule has 0 spiro atoms. The second-order valence-corrected chi connectivity index (χ2v) is 5.74. The normalized spacial score (nSPS) is 12.4. The maximum absolute atomic E-state index is 12.2. The fraction of sp³-hybridized carbons (Fsp3) is 0.167. The molecule has 146 valence electrons. The molecule has 3 rings (SSSR count). The number of nitrogens with one attached hydrogen (secondary N) is 1. The van der Waals surface area contributed by atoms with E-state index in [4.69, 9.17) is 0 Å². The number of ether oxygens (including phenoxy) is 1. The Morgan fingerprint density at radius 3 is 2.46 bits per heavy atom. The molecule has 2 aromatic carbocycles. The van der Waals surface area contributed by atoms with Gasteiger partial charge in [-0.25, -0.2) is 9.67 Å². The van der Waals surface area contributed by atoms with Crippen LogP contribution in [0.3, 0.4) is 0 Å². The van der Waals surface area contributed by atoms with Gasteiger partial charge in [-0.15, -0.1) is 18.3 Å². The molecule has 1 atom stereocenters. The minimum Gasteiger partial charge on any atom is -0.406 e. The van der Waals surface area contributed by atoms with Crippen LogP contribution in [-0.4, -0.2) is 32.1 Å². The largest absolute Gasteiger partial charge is 0.573 e. The maximum atomic E-state index is 12.2. The molecule has 0 saturated heterocycles. The number of carbonyl (C=O) groups excluding carboxylic acids is 1. The molecule has 1 heterocycles. The molecule has 0 aliphatic heterocycles. The summed E-state index contributed by atoms with van der Waals surface area (Å²) in [5.41, 5.74) is 0.949. The summed E-state index contributed by atoms with van der Waals surface area (Å²) in [5.74, 6) is -1.18. The fourth-order valence-corrected chi connectivity index (χ4v) is 2.37. The van der Waals surface area contributed by atoms with Crippen LogP contribution >= 0.6 is 0 Å². The summed E-state index contributed by atoms with van der Waals surface area (Å²) in [6, 6.07) is 13.6. The van der Waals surface area contributed by atoms with Gasteiger partial charge in [0.15, 0.2) is 0 Å². The predicted octanol–water partition coefficient (Wildman–Crippen LogP) is 3.16. The molecule has 28 heavy (non-hydrogen) atoms. The van der Waals surface area contributed by atoms with Crippen LogP contribution in [0.4, 0.5) is 18.9 Å². The topological polar surface area (TPSA) is 89.3 Å². The molecule has 0 bridgehead atoms. The minimum atomic E-state index is -4.79. The van der Waals surface area contributed by atoms with Gasteiger partial charge < -0.3 is 15.2 Å². The Kier molecular flexibility index (Phi) is 5.59. The zero-order valence-corrected chi connectivity index (χ0v) is 14.3. The maximum Gasteiger partial charge on any atom is 0.573 e. The van der Waals surface area contributed by atoms with Crippen molar-refractivity contribution in [3.8, 4) is 5.75 Å². The standard InChI is InChI=1S/C18H15F3N4O3/c19-18(20,21)28-14-8-6-13(7-9-14)23-17(27)16-22-11-25(24-16)10-15(26)12-4-2-1-3-5-12/h1-9,11,15,26H,10H2,(H,23,27)/t15-/m0/s1. The van der Waals surface area contributed by atoms with Crippen LogP contribution in [0.2, 0.25) is 0 Å². The first-order valence-corrected chi connectivity index (χ1v) is 8.10. The summed E-state index contributed by atoms with van der Waals surface area (Å²) in [5, 5.41) is 16.7. The Bertz CT molecular complexity index is 927. The summed E-state index contributed by atoms with van der Waals surface area (Å²) in [7, 11) is 0. The van der Waals surface area contributed by atoms with E-state index < -0.39 is 24.1 Å². The summed E-state index contributed by atoms with van der Waals surface area (Å²) in [6.07, 6.45) is -4.30. The van der Waals surface area contributed by atoms with Crippen molar-refractivity contribution in [3.63, 3.8) is 0 Å². The van der Waals surface area contributed by atoms with E-state index in [-0.39, 0.29) is 18.1 Å². The van der Waals surface area contributed by atoms with E-state index in [0.29, 0.717) is 5.56 Å². The van der Waals surface area contributed by atoms with Gasteiger partial charge in [-0.3, -0.25) is 4.79 Å². The summed E-state index contributed by atoms with van der Waals surface area (Å²) in [4.78, 5) is 16.1. The van der Waals surface area contributed by atoms with Crippen LogP contribution in [0.1, 0.15) is 22.3 Å². The number of hydrogen-bond donors (Lipinski definition) is 2. The third kappa shape index (κ3) is 5.30. The third-order valence-corrected chi connectivity index (χ3v) is 3.63. The quantitative estimate of drug-likeness (QED) is 0.673. The molecule has 0 unspecified atom stereocenters. The first kappa shape index (κ1) is 19.4. The number of alkyl halides is 3. The molecule has 0 aliphatic rings. The minimum absolute atomic E-state index is 0.105. The van der Waals surface area contributed by atoms with Crippen molar-refractivity contribution in [1.82, 2.24) is 14.8 Å². The molecule has 0 saturated carbocycles. The number of halogens is 3. The molecule has 10 heteroatoms. The fourth-order valence-electron chi connectivity index (χ4n) is 2.37. The van der Waals surface area contributed by atoms with Gasteiger partial charge in [0.2, 0.25) is 5.82 Å². The molecule has 3 aromatic rings. The van der Waals surface area contributed by atoms with Crippen LogP contribution in [0.5, 0.6) is 5.75 Å². The van der Waals surface area contributed by atoms with Crippen molar-refractivity contribution in [2.24, 2.45) is 0 Å². The summed E-state index contributed by atoms with van der Waals surface area (Å²) in [6.45, 7) is 0.105. The van der Waals surface area contributed by atoms with Crippen molar-refractivity contribution in [3.05, 3.63) is 72.3 Å². The average Bonchev–Trinajstić information content (AvgIpc) is 3.11. The lowest BCUT2D eigenvalue weighted by atomic mass is 10.1. The van der Waals surface area contributed by atoms with Crippen LogP contribution < -0.4 is 10.1 Å². The van der Waals surface area contributed by atoms with Gasteiger partial charge in [0.25, 0.3) is 5.91 Å². The van der Waals surface area contributed by atoms with E-state index in [0.717, 1.165) is 12.1 Å². The Balaban J connectivity index is 1.59. The molecule has 2 N–H and O–H groups in total. The lowest BCUT2D eigenvalue weighted by molar-refractivity contribution is -0.274. The average molecular weight is 392 g/mol. The molecule has 0 fully saturated rings. The van der Waals surface area contributed by atoms with Crippen molar-refractivity contribution in [2.75, 3.05) is 5.32 Å². The van der Waals surface area contributed by atoms with E-state index in [2.05, 4.69) is 20.1 Å². The van der Waals surface area contributed by atoms with E-state index >= 15 is 0 Å².